The Bertz CT molecular complexity index is 293. The van der Waals surface area contributed by atoms with Gasteiger partial charge in [-0.25, -0.2) is 0 Å². The molecule has 0 bridgehead atoms. The van der Waals surface area contributed by atoms with Crippen LogP contribution in [0.2, 0.25) is 0 Å². The van der Waals surface area contributed by atoms with E-state index in [2.05, 4.69) is 12.2 Å². The Morgan fingerprint density at radius 1 is 1.67 bits per heavy atom. The van der Waals surface area contributed by atoms with E-state index in [9.17, 15) is 0 Å². The monoisotopic (exact) mass is 209 g/mol. The van der Waals surface area contributed by atoms with Crippen molar-refractivity contribution in [2.45, 2.75) is 25.9 Å². The number of hydrogen-bond donors (Lipinski definition) is 1. The highest BCUT2D eigenvalue weighted by Gasteiger charge is 2.42. The highest BCUT2D eigenvalue weighted by atomic mass is 16.5. The van der Waals surface area contributed by atoms with Crippen molar-refractivity contribution >= 4 is 0 Å². The van der Waals surface area contributed by atoms with E-state index < -0.39 is 0 Å². The van der Waals surface area contributed by atoms with E-state index in [1.54, 1.807) is 6.26 Å². The van der Waals surface area contributed by atoms with Crippen molar-refractivity contribution in [3.05, 3.63) is 24.2 Å². The number of rotatable bonds is 3. The van der Waals surface area contributed by atoms with Crippen LogP contribution in [-0.2, 0) is 10.3 Å². The van der Waals surface area contributed by atoms with E-state index in [0.29, 0.717) is 5.92 Å². The van der Waals surface area contributed by atoms with E-state index in [1.807, 2.05) is 19.1 Å². The Morgan fingerprint density at radius 3 is 3.13 bits per heavy atom. The molecule has 0 aromatic carbocycles. The fourth-order valence-corrected chi connectivity index (χ4v) is 2.43. The summed E-state index contributed by atoms with van der Waals surface area (Å²) in [4.78, 5) is 0. The first-order valence-corrected chi connectivity index (χ1v) is 5.68. The number of furan rings is 1. The molecule has 1 fully saturated rings. The third-order valence-electron chi connectivity index (χ3n) is 3.26. The molecule has 1 saturated heterocycles. The average Bonchev–Trinajstić information content (AvgIpc) is 2.75. The first-order valence-electron chi connectivity index (χ1n) is 5.68. The maximum atomic E-state index is 5.99. The first kappa shape index (κ1) is 10.7. The van der Waals surface area contributed by atoms with Crippen LogP contribution in [0.4, 0.5) is 0 Å². The maximum absolute atomic E-state index is 5.99. The minimum absolute atomic E-state index is 0.219. The summed E-state index contributed by atoms with van der Waals surface area (Å²) in [5.74, 6) is 1.41. The Balaban J connectivity index is 2.30. The van der Waals surface area contributed by atoms with Crippen molar-refractivity contribution in [3.63, 3.8) is 0 Å². The van der Waals surface area contributed by atoms with Gasteiger partial charge in [-0.05, 0) is 32.0 Å². The summed E-state index contributed by atoms with van der Waals surface area (Å²) in [6, 6.07) is 3.96. The summed E-state index contributed by atoms with van der Waals surface area (Å²) in [5.41, 5.74) is -0.219. The van der Waals surface area contributed by atoms with Crippen LogP contribution in [0.15, 0.2) is 22.8 Å². The zero-order valence-corrected chi connectivity index (χ0v) is 9.45. The Kier molecular flexibility index (Phi) is 3.12. The van der Waals surface area contributed by atoms with E-state index >= 15 is 0 Å². The van der Waals surface area contributed by atoms with Gasteiger partial charge in [-0.2, -0.15) is 0 Å². The van der Waals surface area contributed by atoms with Gasteiger partial charge in [0, 0.05) is 19.1 Å². The van der Waals surface area contributed by atoms with Crippen LogP contribution in [-0.4, -0.2) is 19.7 Å². The maximum Gasteiger partial charge on any atom is 0.135 e. The van der Waals surface area contributed by atoms with Gasteiger partial charge in [0.05, 0.1) is 6.26 Å². The first-order chi connectivity index (χ1) is 7.29. The summed E-state index contributed by atoms with van der Waals surface area (Å²) >= 11 is 0. The minimum atomic E-state index is -0.219. The molecule has 1 N–H and O–H groups in total. The molecule has 1 aromatic rings. The van der Waals surface area contributed by atoms with Crippen LogP contribution in [0.5, 0.6) is 0 Å². The minimum Gasteiger partial charge on any atom is -0.466 e. The van der Waals surface area contributed by atoms with Crippen molar-refractivity contribution in [1.82, 2.24) is 5.32 Å². The Labute approximate surface area is 90.8 Å². The second-order valence-electron chi connectivity index (χ2n) is 4.15. The molecule has 2 rings (SSSR count). The summed E-state index contributed by atoms with van der Waals surface area (Å²) in [6.07, 6.45) is 2.71. The lowest BCUT2D eigenvalue weighted by Crippen LogP contribution is -2.48. The third-order valence-corrected chi connectivity index (χ3v) is 3.26. The van der Waals surface area contributed by atoms with Gasteiger partial charge in [0.25, 0.3) is 0 Å². The lowest BCUT2D eigenvalue weighted by atomic mass is 9.80. The second-order valence-corrected chi connectivity index (χ2v) is 4.15. The number of hydrogen-bond acceptors (Lipinski definition) is 3. The van der Waals surface area contributed by atoms with Gasteiger partial charge >= 0.3 is 0 Å². The molecule has 0 radical (unpaired) electrons. The van der Waals surface area contributed by atoms with Crippen molar-refractivity contribution in [3.8, 4) is 0 Å². The molecule has 1 aliphatic rings. The molecular formula is C12H19NO2. The molecule has 1 aliphatic heterocycles. The van der Waals surface area contributed by atoms with Gasteiger partial charge in [0.15, 0.2) is 0 Å². The molecule has 1 aromatic heterocycles. The molecule has 3 nitrogen and oxygen atoms in total. The predicted octanol–water partition coefficient (Wildman–Crippen LogP) is 2.14. The predicted molar refractivity (Wildman–Crippen MR) is 58.7 cm³/mol. The normalized spacial score (nSPS) is 31.7. The molecule has 0 amide bonds. The van der Waals surface area contributed by atoms with Crippen LogP contribution in [0, 0.1) is 5.92 Å². The smallest absolute Gasteiger partial charge is 0.135 e. The number of nitrogens with one attached hydrogen (secondary N) is 1. The van der Waals surface area contributed by atoms with Gasteiger partial charge in [-0.3, -0.25) is 0 Å². The lowest BCUT2D eigenvalue weighted by molar-refractivity contribution is -0.113. The fraction of sp³-hybridized carbons (Fsp3) is 0.667. The lowest BCUT2D eigenvalue weighted by Gasteiger charge is -2.41. The standard InChI is InChI=1S/C12H19NO2/c1-3-15-12(11-5-4-8-14-11)6-7-13-9-10(12)2/h4-5,8,10,13H,3,6-7,9H2,1-2H3. The Hall–Kier alpha value is -0.800. The van der Waals surface area contributed by atoms with E-state index in [-0.39, 0.29) is 5.60 Å². The van der Waals surface area contributed by atoms with Gasteiger partial charge < -0.3 is 14.5 Å². The van der Waals surface area contributed by atoms with Crippen LogP contribution in [0.1, 0.15) is 26.0 Å². The van der Waals surface area contributed by atoms with Crippen molar-refractivity contribution in [2.75, 3.05) is 19.7 Å². The third kappa shape index (κ3) is 1.82. The van der Waals surface area contributed by atoms with Gasteiger partial charge in [0.2, 0.25) is 0 Å². The molecule has 84 valence electrons. The number of piperidine rings is 1. The molecule has 0 saturated carbocycles. The van der Waals surface area contributed by atoms with Crippen LogP contribution >= 0.6 is 0 Å². The zero-order chi connectivity index (χ0) is 10.7. The van der Waals surface area contributed by atoms with Crippen LogP contribution < -0.4 is 5.32 Å². The van der Waals surface area contributed by atoms with Gasteiger partial charge in [0.1, 0.15) is 11.4 Å². The average molecular weight is 209 g/mol. The summed E-state index contributed by atoms with van der Waals surface area (Å²) in [6.45, 7) is 6.96. The second kappa shape index (κ2) is 4.37. The SMILES string of the molecule is CCOC1(c2ccco2)CCNCC1C. The Morgan fingerprint density at radius 2 is 2.53 bits per heavy atom. The van der Waals surface area contributed by atoms with E-state index in [4.69, 9.17) is 9.15 Å². The molecule has 2 heterocycles. The van der Waals surface area contributed by atoms with E-state index in [0.717, 1.165) is 31.9 Å². The van der Waals surface area contributed by atoms with Crippen molar-refractivity contribution in [1.29, 1.82) is 0 Å². The fourth-order valence-electron chi connectivity index (χ4n) is 2.43. The van der Waals surface area contributed by atoms with Gasteiger partial charge in [-0.15, -0.1) is 0 Å². The molecule has 2 unspecified atom stereocenters. The summed E-state index contributed by atoms with van der Waals surface area (Å²) in [5, 5.41) is 3.39. The van der Waals surface area contributed by atoms with Crippen molar-refractivity contribution in [2.24, 2.45) is 5.92 Å². The van der Waals surface area contributed by atoms with Gasteiger partial charge in [-0.1, -0.05) is 6.92 Å². The van der Waals surface area contributed by atoms with Crippen LogP contribution in [0.25, 0.3) is 0 Å². The van der Waals surface area contributed by atoms with E-state index in [1.165, 1.54) is 0 Å². The molecule has 2 atom stereocenters. The zero-order valence-electron chi connectivity index (χ0n) is 9.45. The molecular weight excluding hydrogens is 190 g/mol. The molecule has 15 heavy (non-hydrogen) atoms. The molecule has 3 heteroatoms. The largest absolute Gasteiger partial charge is 0.466 e. The number of ether oxygens (including phenoxy) is 1. The summed E-state index contributed by atoms with van der Waals surface area (Å²) < 4.78 is 11.5. The quantitative estimate of drug-likeness (QED) is 0.828. The topological polar surface area (TPSA) is 34.4 Å². The van der Waals surface area contributed by atoms with Crippen LogP contribution in [0.3, 0.4) is 0 Å². The molecule has 0 aliphatic carbocycles. The van der Waals surface area contributed by atoms with Crippen molar-refractivity contribution < 1.29 is 9.15 Å². The highest BCUT2D eigenvalue weighted by molar-refractivity contribution is 5.13. The summed E-state index contributed by atoms with van der Waals surface area (Å²) in [7, 11) is 0. The highest BCUT2D eigenvalue weighted by Crippen LogP contribution is 2.38. The molecule has 0 spiro atoms.